The number of aryl methyl sites for hydroxylation is 3. The van der Waals surface area contributed by atoms with Crippen molar-refractivity contribution in [1.29, 1.82) is 0 Å². The molecule has 1 saturated heterocycles. The van der Waals surface area contributed by atoms with Crippen molar-refractivity contribution in [2.45, 2.75) is 46.6 Å². The molecule has 1 atom stereocenters. The first kappa shape index (κ1) is 17.0. The minimum absolute atomic E-state index is 0.285. The van der Waals surface area contributed by atoms with E-state index in [2.05, 4.69) is 10.6 Å². The quantitative estimate of drug-likeness (QED) is 0.836. The van der Waals surface area contributed by atoms with Gasteiger partial charge in [0.1, 0.15) is 12.1 Å². The van der Waals surface area contributed by atoms with Gasteiger partial charge in [-0.1, -0.05) is 24.6 Å². The summed E-state index contributed by atoms with van der Waals surface area (Å²) in [6, 6.07) is 3.43. The number of carbonyl (C=O) groups is 3. The van der Waals surface area contributed by atoms with E-state index in [-0.39, 0.29) is 18.4 Å². The smallest absolute Gasteiger partial charge is 0.324 e. The van der Waals surface area contributed by atoms with Gasteiger partial charge in [-0.2, -0.15) is 0 Å². The zero-order valence-corrected chi connectivity index (χ0v) is 14.2. The number of amides is 4. The Kier molecular flexibility index (Phi) is 4.45. The highest BCUT2D eigenvalue weighted by molar-refractivity contribution is 6.10. The highest BCUT2D eigenvalue weighted by Gasteiger charge is 2.46. The van der Waals surface area contributed by atoms with Gasteiger partial charge in [0.25, 0.3) is 5.91 Å². The van der Waals surface area contributed by atoms with Crippen molar-refractivity contribution >= 4 is 23.5 Å². The molecule has 2 N–H and O–H groups in total. The first-order valence-corrected chi connectivity index (χ1v) is 7.69. The molecule has 2 rings (SSSR count). The van der Waals surface area contributed by atoms with E-state index in [1.54, 1.807) is 6.92 Å². The van der Waals surface area contributed by atoms with Gasteiger partial charge in [-0.15, -0.1) is 0 Å². The Morgan fingerprint density at radius 3 is 2.26 bits per heavy atom. The number of hydrogen-bond acceptors (Lipinski definition) is 3. The zero-order chi connectivity index (χ0) is 17.4. The Hall–Kier alpha value is -2.37. The number of hydrogen-bond donors (Lipinski definition) is 2. The van der Waals surface area contributed by atoms with Gasteiger partial charge in [0, 0.05) is 5.69 Å². The largest absolute Gasteiger partial charge is 0.325 e. The Balaban J connectivity index is 2.12. The van der Waals surface area contributed by atoms with Crippen LogP contribution in [0, 0.1) is 20.8 Å². The molecule has 1 fully saturated rings. The van der Waals surface area contributed by atoms with Crippen molar-refractivity contribution in [3.8, 4) is 0 Å². The highest BCUT2D eigenvalue weighted by atomic mass is 16.2. The Morgan fingerprint density at radius 1 is 1.22 bits per heavy atom. The van der Waals surface area contributed by atoms with Gasteiger partial charge in [0.2, 0.25) is 5.91 Å². The van der Waals surface area contributed by atoms with Gasteiger partial charge in [0.15, 0.2) is 0 Å². The van der Waals surface area contributed by atoms with Gasteiger partial charge in [-0.25, -0.2) is 4.79 Å². The van der Waals surface area contributed by atoms with Gasteiger partial charge in [-0.3, -0.25) is 14.5 Å². The van der Waals surface area contributed by atoms with Crippen LogP contribution < -0.4 is 10.6 Å². The average molecular weight is 317 g/mol. The zero-order valence-electron chi connectivity index (χ0n) is 14.2. The maximum absolute atomic E-state index is 12.3. The minimum Gasteiger partial charge on any atom is -0.324 e. The second-order valence-electron chi connectivity index (χ2n) is 6.33. The lowest BCUT2D eigenvalue weighted by Crippen LogP contribution is -2.44. The van der Waals surface area contributed by atoms with Crippen LogP contribution in [0.3, 0.4) is 0 Å². The monoisotopic (exact) mass is 317 g/mol. The average Bonchev–Trinajstić information content (AvgIpc) is 2.67. The summed E-state index contributed by atoms with van der Waals surface area (Å²) in [7, 11) is 0. The van der Waals surface area contributed by atoms with Gasteiger partial charge in [-0.05, 0) is 45.2 Å². The summed E-state index contributed by atoms with van der Waals surface area (Å²) in [5.41, 5.74) is 2.82. The van der Waals surface area contributed by atoms with Gasteiger partial charge in [0.05, 0.1) is 0 Å². The highest BCUT2D eigenvalue weighted by Crippen LogP contribution is 2.23. The van der Waals surface area contributed by atoms with Crippen molar-refractivity contribution in [2.75, 3.05) is 11.9 Å². The van der Waals surface area contributed by atoms with Crippen molar-refractivity contribution in [2.24, 2.45) is 0 Å². The third kappa shape index (κ3) is 3.21. The molecule has 1 heterocycles. The van der Waals surface area contributed by atoms with Crippen LogP contribution in [0.15, 0.2) is 12.1 Å². The summed E-state index contributed by atoms with van der Waals surface area (Å²) in [4.78, 5) is 37.5. The lowest BCUT2D eigenvalue weighted by atomic mass is 9.99. The fourth-order valence-corrected chi connectivity index (χ4v) is 2.83. The van der Waals surface area contributed by atoms with E-state index in [0.29, 0.717) is 6.42 Å². The molecule has 1 aromatic rings. The normalized spacial score (nSPS) is 20.7. The molecule has 6 heteroatoms. The number of nitrogens with one attached hydrogen (secondary N) is 2. The number of rotatable bonds is 4. The number of benzene rings is 1. The summed E-state index contributed by atoms with van der Waals surface area (Å²) >= 11 is 0. The second kappa shape index (κ2) is 6.02. The van der Waals surface area contributed by atoms with Crippen molar-refractivity contribution in [3.63, 3.8) is 0 Å². The molecule has 0 saturated carbocycles. The number of imide groups is 1. The second-order valence-corrected chi connectivity index (χ2v) is 6.33. The third-order valence-corrected chi connectivity index (χ3v) is 4.30. The van der Waals surface area contributed by atoms with Crippen LogP contribution in [0.2, 0.25) is 0 Å². The van der Waals surface area contributed by atoms with Crippen LogP contribution in [0.1, 0.15) is 37.0 Å². The van der Waals surface area contributed by atoms with E-state index in [1.807, 2.05) is 39.8 Å². The summed E-state index contributed by atoms with van der Waals surface area (Å²) in [6.07, 6.45) is 0.478. The molecular formula is C17H23N3O3. The molecule has 4 amide bonds. The van der Waals surface area contributed by atoms with Crippen molar-refractivity contribution < 1.29 is 14.4 Å². The number of nitrogens with zero attached hydrogens (tertiary/aromatic N) is 1. The molecule has 23 heavy (non-hydrogen) atoms. The van der Waals surface area contributed by atoms with E-state index in [0.717, 1.165) is 27.3 Å². The van der Waals surface area contributed by atoms with Crippen LogP contribution in [-0.2, 0) is 9.59 Å². The molecule has 0 bridgehead atoms. The SMILES string of the molecule is CCC1(C)NC(=O)N(CC(=O)Nc2c(C)cc(C)cc2C)C1=O. The van der Waals surface area contributed by atoms with Crippen LogP contribution >= 0.6 is 0 Å². The summed E-state index contributed by atoms with van der Waals surface area (Å²) < 4.78 is 0. The lowest BCUT2D eigenvalue weighted by Gasteiger charge is -2.19. The Morgan fingerprint density at radius 2 is 1.78 bits per heavy atom. The molecule has 6 nitrogen and oxygen atoms in total. The standard InChI is InChI=1S/C17H23N3O3/c1-6-17(5)15(22)20(16(23)19-17)9-13(21)18-14-11(3)7-10(2)8-12(14)4/h7-8H,6,9H2,1-5H3,(H,18,21)(H,19,23). The topological polar surface area (TPSA) is 78.5 Å². The summed E-state index contributed by atoms with van der Waals surface area (Å²) in [5, 5.41) is 5.44. The number of anilines is 1. The molecule has 1 aliphatic heterocycles. The Bertz CT molecular complexity index is 661. The van der Waals surface area contributed by atoms with E-state index in [9.17, 15) is 14.4 Å². The molecular weight excluding hydrogens is 294 g/mol. The molecule has 124 valence electrons. The maximum atomic E-state index is 12.3. The maximum Gasteiger partial charge on any atom is 0.325 e. The van der Waals surface area contributed by atoms with E-state index < -0.39 is 11.6 Å². The fraction of sp³-hybridized carbons (Fsp3) is 0.471. The molecule has 1 aromatic carbocycles. The van der Waals surface area contributed by atoms with Crippen LogP contribution in [0.4, 0.5) is 10.5 Å². The minimum atomic E-state index is -0.924. The van der Waals surface area contributed by atoms with Crippen LogP contribution in [-0.4, -0.2) is 34.8 Å². The fourth-order valence-electron chi connectivity index (χ4n) is 2.83. The summed E-state index contributed by atoms with van der Waals surface area (Å²) in [5.74, 6) is -0.749. The lowest BCUT2D eigenvalue weighted by molar-refractivity contribution is -0.133. The van der Waals surface area contributed by atoms with E-state index in [4.69, 9.17) is 0 Å². The predicted octanol–water partition coefficient (Wildman–Crippen LogP) is 2.27. The van der Waals surface area contributed by atoms with Crippen molar-refractivity contribution in [1.82, 2.24) is 10.2 Å². The molecule has 1 aliphatic rings. The molecule has 0 aromatic heterocycles. The Labute approximate surface area is 136 Å². The molecule has 0 radical (unpaired) electrons. The predicted molar refractivity (Wildman–Crippen MR) is 88.2 cm³/mol. The number of urea groups is 1. The molecule has 0 aliphatic carbocycles. The van der Waals surface area contributed by atoms with Crippen LogP contribution in [0.25, 0.3) is 0 Å². The van der Waals surface area contributed by atoms with Crippen molar-refractivity contribution in [3.05, 3.63) is 28.8 Å². The van der Waals surface area contributed by atoms with E-state index in [1.165, 1.54) is 0 Å². The first-order valence-electron chi connectivity index (χ1n) is 7.69. The first-order chi connectivity index (χ1) is 10.7. The summed E-state index contributed by atoms with van der Waals surface area (Å²) in [6.45, 7) is 9.02. The molecule has 0 spiro atoms. The van der Waals surface area contributed by atoms with Gasteiger partial charge < -0.3 is 10.6 Å². The third-order valence-electron chi connectivity index (χ3n) is 4.30. The molecule has 1 unspecified atom stereocenters. The number of carbonyl (C=O) groups excluding carboxylic acids is 3. The van der Waals surface area contributed by atoms with E-state index >= 15 is 0 Å². The van der Waals surface area contributed by atoms with Gasteiger partial charge >= 0.3 is 6.03 Å². The van der Waals surface area contributed by atoms with Crippen LogP contribution in [0.5, 0.6) is 0 Å².